The van der Waals surface area contributed by atoms with Crippen LogP contribution in [0, 0.1) is 0 Å². The van der Waals surface area contributed by atoms with Crippen LogP contribution in [0.5, 0.6) is 0 Å². The van der Waals surface area contributed by atoms with Crippen molar-refractivity contribution in [2.75, 3.05) is 0 Å². The Bertz CT molecular complexity index is 653. The van der Waals surface area contributed by atoms with E-state index in [4.69, 9.17) is 0 Å². The normalized spacial score (nSPS) is 37.8. The minimum atomic E-state index is -0.937. The largest absolute Gasteiger partial charge is 0.383 e. The fraction of sp³-hybridized carbons (Fsp3) is 0.538. The molecule has 0 radical (unpaired) electrons. The number of hydrogen-bond acceptors (Lipinski definition) is 4. The van der Waals surface area contributed by atoms with E-state index in [9.17, 15) is 9.32 Å². The summed E-state index contributed by atoms with van der Waals surface area (Å²) >= 11 is 0. The van der Waals surface area contributed by atoms with Crippen molar-refractivity contribution in [1.82, 2.24) is 14.6 Å². The molecule has 1 N–H and O–H groups in total. The Labute approximate surface area is 113 Å². The lowest BCUT2D eigenvalue weighted by molar-refractivity contribution is 0.0125. The molecule has 0 amide bonds. The summed E-state index contributed by atoms with van der Waals surface area (Å²) in [6, 6.07) is 3.70. The van der Waals surface area contributed by atoms with Gasteiger partial charge in [-0.2, -0.15) is 5.10 Å². The number of nitrogens with zero attached hydrogens (tertiary/aromatic N) is 3. The molecule has 2 aliphatic rings. The molecule has 4 heterocycles. The summed E-state index contributed by atoms with van der Waals surface area (Å²) in [7, 11) is -0.771. The van der Waals surface area contributed by atoms with E-state index in [2.05, 4.69) is 10.1 Å². The van der Waals surface area contributed by atoms with Crippen LogP contribution in [0.4, 0.5) is 0 Å². The average molecular weight is 277 g/mol. The third-order valence-electron chi connectivity index (χ3n) is 4.35. The maximum Gasteiger partial charge on any atom is 0.153 e. The first-order valence-electron chi connectivity index (χ1n) is 6.58. The lowest BCUT2D eigenvalue weighted by Gasteiger charge is -2.35. The highest BCUT2D eigenvalue weighted by Crippen LogP contribution is 2.45. The molecule has 2 unspecified atom stereocenters. The van der Waals surface area contributed by atoms with Gasteiger partial charge in [0.05, 0.1) is 11.9 Å². The van der Waals surface area contributed by atoms with Crippen LogP contribution in [0.1, 0.15) is 31.4 Å². The van der Waals surface area contributed by atoms with Crippen molar-refractivity contribution in [2.45, 2.75) is 41.8 Å². The monoisotopic (exact) mass is 277 g/mol. The van der Waals surface area contributed by atoms with Gasteiger partial charge in [-0.1, -0.05) is 0 Å². The lowest BCUT2D eigenvalue weighted by Crippen LogP contribution is -2.41. The highest BCUT2D eigenvalue weighted by molar-refractivity contribution is 7.86. The van der Waals surface area contributed by atoms with Crippen molar-refractivity contribution in [2.24, 2.45) is 0 Å². The van der Waals surface area contributed by atoms with Crippen molar-refractivity contribution in [3.05, 3.63) is 30.2 Å². The Morgan fingerprint density at radius 3 is 2.84 bits per heavy atom. The van der Waals surface area contributed by atoms with Gasteiger partial charge in [-0.05, 0) is 37.8 Å². The highest BCUT2D eigenvalue weighted by atomic mass is 32.2. The molecule has 2 atom stereocenters. The van der Waals surface area contributed by atoms with E-state index in [1.807, 2.05) is 12.1 Å². The molecule has 2 aromatic rings. The first kappa shape index (κ1) is 11.5. The van der Waals surface area contributed by atoms with Crippen molar-refractivity contribution >= 4 is 16.4 Å². The van der Waals surface area contributed by atoms with Gasteiger partial charge in [0.1, 0.15) is 5.60 Å². The van der Waals surface area contributed by atoms with E-state index in [0.29, 0.717) is 12.8 Å². The van der Waals surface area contributed by atoms with Crippen LogP contribution in [0.25, 0.3) is 5.65 Å². The number of aliphatic hydroxyl groups is 1. The van der Waals surface area contributed by atoms with Crippen molar-refractivity contribution in [1.29, 1.82) is 0 Å². The van der Waals surface area contributed by atoms with Gasteiger partial charge in [-0.25, -0.2) is 9.50 Å². The Kier molecular flexibility index (Phi) is 2.35. The Balaban J connectivity index is 1.81. The van der Waals surface area contributed by atoms with Gasteiger partial charge >= 0.3 is 0 Å². The zero-order chi connectivity index (χ0) is 13.0. The molecule has 2 saturated heterocycles. The topological polar surface area (TPSA) is 67.5 Å². The first-order chi connectivity index (χ1) is 9.17. The number of hydrogen-bond donors (Lipinski definition) is 1. The summed E-state index contributed by atoms with van der Waals surface area (Å²) in [6.07, 6.45) is 6.43. The van der Waals surface area contributed by atoms with E-state index >= 15 is 0 Å². The molecule has 2 bridgehead atoms. The zero-order valence-electron chi connectivity index (χ0n) is 10.4. The van der Waals surface area contributed by atoms with Crippen LogP contribution < -0.4 is 0 Å². The molecule has 2 aliphatic heterocycles. The summed E-state index contributed by atoms with van der Waals surface area (Å²) < 4.78 is 13.8. The van der Waals surface area contributed by atoms with Gasteiger partial charge < -0.3 is 5.11 Å². The second-order valence-electron chi connectivity index (χ2n) is 5.53. The number of fused-ring (bicyclic) bond motifs is 3. The van der Waals surface area contributed by atoms with Gasteiger partial charge in [-0.3, -0.25) is 4.21 Å². The summed E-state index contributed by atoms with van der Waals surface area (Å²) in [5.41, 5.74) is 0.537. The standard InChI is InChI=1S/C13H15N3O2S/c17-13(6-9-3-4-10(7-13)19(9)18)11-8-14-12-2-1-5-15-16(11)12/h1-2,5,8-10,17H,3-4,6-7H2. The highest BCUT2D eigenvalue weighted by Gasteiger charge is 2.49. The molecule has 6 heteroatoms. The second kappa shape index (κ2) is 3.86. The predicted molar refractivity (Wildman–Crippen MR) is 71.1 cm³/mol. The molecule has 19 heavy (non-hydrogen) atoms. The molecule has 0 saturated carbocycles. The second-order valence-corrected chi connectivity index (χ2v) is 7.52. The molecule has 2 fully saturated rings. The van der Waals surface area contributed by atoms with Crippen molar-refractivity contribution in [3.63, 3.8) is 0 Å². The molecule has 4 rings (SSSR count). The summed E-state index contributed by atoms with van der Waals surface area (Å²) in [6.45, 7) is 0. The van der Waals surface area contributed by atoms with E-state index < -0.39 is 16.4 Å². The molecule has 0 spiro atoms. The SMILES string of the molecule is O=S1C2CCC1CC(O)(c1cnc3cccnn13)C2. The van der Waals surface area contributed by atoms with Crippen LogP contribution in [-0.2, 0) is 16.4 Å². The van der Waals surface area contributed by atoms with E-state index in [0.717, 1.165) is 24.2 Å². The van der Waals surface area contributed by atoms with Crippen LogP contribution in [-0.4, -0.2) is 34.4 Å². The van der Waals surface area contributed by atoms with E-state index in [1.165, 1.54) is 0 Å². The van der Waals surface area contributed by atoms with E-state index in [1.54, 1.807) is 16.9 Å². The maximum atomic E-state index is 12.1. The Morgan fingerprint density at radius 1 is 1.37 bits per heavy atom. The smallest absolute Gasteiger partial charge is 0.153 e. The van der Waals surface area contributed by atoms with Crippen LogP contribution in [0.3, 0.4) is 0 Å². The van der Waals surface area contributed by atoms with Gasteiger partial charge in [0, 0.05) is 27.5 Å². The number of imidazole rings is 1. The summed E-state index contributed by atoms with van der Waals surface area (Å²) in [5.74, 6) is 0. The molecular weight excluding hydrogens is 262 g/mol. The molecule has 100 valence electrons. The van der Waals surface area contributed by atoms with Crippen molar-refractivity contribution in [3.8, 4) is 0 Å². The van der Waals surface area contributed by atoms with Gasteiger partial charge in [-0.15, -0.1) is 0 Å². The molecule has 2 aromatic heterocycles. The molecular formula is C13H15N3O2S. The van der Waals surface area contributed by atoms with Crippen LogP contribution in [0.2, 0.25) is 0 Å². The van der Waals surface area contributed by atoms with E-state index in [-0.39, 0.29) is 10.5 Å². The Hall–Kier alpha value is -1.27. The Morgan fingerprint density at radius 2 is 2.11 bits per heavy atom. The number of aromatic nitrogens is 3. The van der Waals surface area contributed by atoms with Gasteiger partial charge in [0.25, 0.3) is 0 Å². The quantitative estimate of drug-likeness (QED) is 0.844. The average Bonchev–Trinajstić information content (AvgIpc) is 2.92. The van der Waals surface area contributed by atoms with Gasteiger partial charge in [0.15, 0.2) is 5.65 Å². The third-order valence-corrected chi connectivity index (χ3v) is 6.47. The zero-order valence-corrected chi connectivity index (χ0v) is 11.2. The molecule has 5 nitrogen and oxygen atoms in total. The summed E-state index contributed by atoms with van der Waals surface area (Å²) in [5, 5.41) is 15.5. The fourth-order valence-electron chi connectivity index (χ4n) is 3.44. The predicted octanol–water partition coefficient (Wildman–Crippen LogP) is 0.990. The summed E-state index contributed by atoms with van der Waals surface area (Å²) in [4.78, 5) is 4.29. The lowest BCUT2D eigenvalue weighted by atomic mass is 9.90. The van der Waals surface area contributed by atoms with Crippen LogP contribution >= 0.6 is 0 Å². The number of rotatable bonds is 1. The minimum Gasteiger partial charge on any atom is -0.383 e. The van der Waals surface area contributed by atoms with Crippen LogP contribution in [0.15, 0.2) is 24.5 Å². The minimum absolute atomic E-state index is 0.123. The van der Waals surface area contributed by atoms with Crippen molar-refractivity contribution < 1.29 is 9.32 Å². The molecule has 0 aliphatic carbocycles. The third kappa shape index (κ3) is 1.59. The molecule has 0 aromatic carbocycles. The van der Waals surface area contributed by atoms with Gasteiger partial charge in [0.2, 0.25) is 0 Å². The maximum absolute atomic E-state index is 12.1. The fourth-order valence-corrected chi connectivity index (χ4v) is 5.60. The first-order valence-corrected chi connectivity index (χ1v) is 7.86.